The molecule has 122 valence electrons. The van der Waals surface area contributed by atoms with Crippen LogP contribution in [0.5, 0.6) is 0 Å². The molecule has 0 saturated carbocycles. The molecule has 0 aliphatic rings. The lowest BCUT2D eigenvalue weighted by Gasteiger charge is -2.08. The van der Waals surface area contributed by atoms with Crippen molar-refractivity contribution in [1.29, 1.82) is 0 Å². The van der Waals surface area contributed by atoms with Crippen molar-refractivity contribution < 1.29 is 4.79 Å². The zero-order valence-electron chi connectivity index (χ0n) is 13.3. The first-order valence-corrected chi connectivity index (χ1v) is 8.11. The molecule has 7 heteroatoms. The van der Waals surface area contributed by atoms with Crippen LogP contribution in [0, 0.1) is 6.92 Å². The van der Waals surface area contributed by atoms with Gasteiger partial charge in [-0.1, -0.05) is 22.0 Å². The quantitative estimate of drug-likeness (QED) is 0.700. The van der Waals surface area contributed by atoms with E-state index < -0.39 is 0 Å². The van der Waals surface area contributed by atoms with Gasteiger partial charge in [0.15, 0.2) is 0 Å². The van der Waals surface area contributed by atoms with Gasteiger partial charge in [0.2, 0.25) is 5.91 Å². The molecule has 0 aliphatic carbocycles. The summed E-state index contributed by atoms with van der Waals surface area (Å²) < 4.78 is 4.33. The molecule has 1 aromatic carbocycles. The lowest BCUT2D eigenvalue weighted by atomic mass is 10.3. The summed E-state index contributed by atoms with van der Waals surface area (Å²) in [6.45, 7) is 1.88. The molecule has 3 aromatic rings. The maximum absolute atomic E-state index is 12.2. The van der Waals surface area contributed by atoms with Crippen LogP contribution in [-0.4, -0.2) is 25.5 Å². The Kier molecular flexibility index (Phi) is 4.61. The second-order valence-electron chi connectivity index (χ2n) is 5.33. The van der Waals surface area contributed by atoms with Gasteiger partial charge >= 0.3 is 0 Å². The van der Waals surface area contributed by atoms with Gasteiger partial charge in [-0.3, -0.25) is 9.48 Å². The van der Waals surface area contributed by atoms with Gasteiger partial charge in [0.1, 0.15) is 5.82 Å². The zero-order chi connectivity index (χ0) is 17.1. The summed E-state index contributed by atoms with van der Waals surface area (Å²) in [4.78, 5) is 12.2. The Bertz CT molecular complexity index is 909. The van der Waals surface area contributed by atoms with Crippen LogP contribution in [0.3, 0.4) is 0 Å². The molecular formula is C17H16BrN5O. The maximum atomic E-state index is 12.2. The van der Waals surface area contributed by atoms with Gasteiger partial charge in [-0.05, 0) is 31.2 Å². The number of carbonyl (C=O) groups is 1. The molecule has 6 nitrogen and oxygen atoms in total. The van der Waals surface area contributed by atoms with Gasteiger partial charge in [-0.15, -0.1) is 0 Å². The Morgan fingerprint density at radius 2 is 2.17 bits per heavy atom. The fourth-order valence-corrected chi connectivity index (χ4v) is 2.65. The van der Waals surface area contributed by atoms with E-state index in [4.69, 9.17) is 0 Å². The van der Waals surface area contributed by atoms with Crippen LogP contribution in [0.2, 0.25) is 0 Å². The summed E-state index contributed by atoms with van der Waals surface area (Å²) in [5.41, 5.74) is 2.55. The Morgan fingerprint density at radius 1 is 1.33 bits per heavy atom. The highest BCUT2D eigenvalue weighted by Crippen LogP contribution is 2.20. The number of benzene rings is 1. The first-order chi connectivity index (χ1) is 11.5. The van der Waals surface area contributed by atoms with E-state index in [0.717, 1.165) is 21.4 Å². The van der Waals surface area contributed by atoms with Crippen molar-refractivity contribution in [3.63, 3.8) is 0 Å². The first kappa shape index (κ1) is 16.2. The molecule has 0 spiro atoms. The summed E-state index contributed by atoms with van der Waals surface area (Å²) in [6.07, 6.45) is 6.72. The molecule has 24 heavy (non-hydrogen) atoms. The minimum Gasteiger partial charge on any atom is -0.307 e. The third kappa shape index (κ3) is 3.80. The molecule has 0 saturated heterocycles. The van der Waals surface area contributed by atoms with Gasteiger partial charge in [0.05, 0.1) is 17.6 Å². The molecule has 1 amide bonds. The van der Waals surface area contributed by atoms with Crippen molar-refractivity contribution in [3.8, 4) is 5.69 Å². The van der Waals surface area contributed by atoms with Crippen molar-refractivity contribution in [3.05, 3.63) is 64.5 Å². The number of nitrogens with zero attached hydrogens (tertiary/aromatic N) is 4. The van der Waals surface area contributed by atoms with E-state index in [1.807, 2.05) is 50.5 Å². The van der Waals surface area contributed by atoms with Crippen molar-refractivity contribution in [2.24, 2.45) is 7.05 Å². The van der Waals surface area contributed by atoms with E-state index in [9.17, 15) is 4.79 Å². The number of aromatic nitrogens is 4. The third-order valence-electron chi connectivity index (χ3n) is 3.29. The third-order valence-corrected chi connectivity index (χ3v) is 3.78. The van der Waals surface area contributed by atoms with Gasteiger partial charge in [-0.2, -0.15) is 10.2 Å². The average Bonchev–Trinajstić information content (AvgIpc) is 3.11. The standard InChI is InChI=1S/C17H16BrN5O/c1-12-8-16(23(21-12)15-5-3-4-14(18)9-15)20-17(24)7-6-13-10-19-22(2)11-13/h3-11H,1-2H3,(H,20,24)/b7-6+. The number of hydrogen-bond donors (Lipinski definition) is 1. The van der Waals surface area contributed by atoms with Crippen LogP contribution in [0.15, 0.2) is 53.3 Å². The van der Waals surface area contributed by atoms with Crippen LogP contribution in [-0.2, 0) is 11.8 Å². The second kappa shape index (κ2) is 6.84. The normalized spacial score (nSPS) is 11.1. The first-order valence-electron chi connectivity index (χ1n) is 7.31. The number of rotatable bonds is 4. The highest BCUT2D eigenvalue weighted by atomic mass is 79.9. The maximum Gasteiger partial charge on any atom is 0.249 e. The molecule has 0 radical (unpaired) electrons. The number of aryl methyl sites for hydroxylation is 2. The minimum atomic E-state index is -0.227. The smallest absolute Gasteiger partial charge is 0.249 e. The topological polar surface area (TPSA) is 64.7 Å². The number of hydrogen-bond acceptors (Lipinski definition) is 3. The second-order valence-corrected chi connectivity index (χ2v) is 6.25. The minimum absolute atomic E-state index is 0.227. The summed E-state index contributed by atoms with van der Waals surface area (Å²) in [5.74, 6) is 0.390. The lowest BCUT2D eigenvalue weighted by Crippen LogP contribution is -2.12. The van der Waals surface area contributed by atoms with Crippen LogP contribution in [0.25, 0.3) is 11.8 Å². The summed E-state index contributed by atoms with van der Waals surface area (Å²) in [6, 6.07) is 9.56. The van der Waals surface area contributed by atoms with E-state index in [1.54, 1.807) is 21.6 Å². The van der Waals surface area contributed by atoms with Crippen molar-refractivity contribution in [1.82, 2.24) is 19.6 Å². The summed E-state index contributed by atoms with van der Waals surface area (Å²) >= 11 is 3.45. The number of nitrogens with one attached hydrogen (secondary N) is 1. The van der Waals surface area contributed by atoms with Crippen molar-refractivity contribution >= 4 is 33.7 Å². The SMILES string of the molecule is Cc1cc(NC(=O)/C=C/c2cnn(C)c2)n(-c2cccc(Br)c2)n1. The molecule has 2 aromatic heterocycles. The fourth-order valence-electron chi connectivity index (χ4n) is 2.26. The van der Waals surface area contributed by atoms with Crippen LogP contribution < -0.4 is 5.32 Å². The Labute approximate surface area is 147 Å². The molecule has 1 N–H and O–H groups in total. The lowest BCUT2D eigenvalue weighted by molar-refractivity contribution is -0.111. The van der Waals surface area contributed by atoms with Crippen LogP contribution in [0.1, 0.15) is 11.3 Å². The van der Waals surface area contributed by atoms with Crippen molar-refractivity contribution in [2.75, 3.05) is 5.32 Å². The zero-order valence-corrected chi connectivity index (χ0v) is 14.9. The molecule has 0 aliphatic heterocycles. The molecule has 0 atom stereocenters. The van der Waals surface area contributed by atoms with E-state index >= 15 is 0 Å². The molecule has 2 heterocycles. The highest BCUT2D eigenvalue weighted by Gasteiger charge is 2.10. The molecule has 3 rings (SSSR count). The van der Waals surface area contributed by atoms with E-state index in [2.05, 4.69) is 31.4 Å². The Morgan fingerprint density at radius 3 is 2.88 bits per heavy atom. The largest absolute Gasteiger partial charge is 0.307 e. The number of anilines is 1. The van der Waals surface area contributed by atoms with Gasteiger partial charge in [-0.25, -0.2) is 4.68 Å². The number of amides is 1. The van der Waals surface area contributed by atoms with Gasteiger partial charge in [0, 0.05) is 35.4 Å². The summed E-state index contributed by atoms with van der Waals surface area (Å²) in [7, 11) is 1.83. The Balaban J connectivity index is 1.80. The van der Waals surface area contributed by atoms with Crippen LogP contribution in [0.4, 0.5) is 5.82 Å². The monoisotopic (exact) mass is 385 g/mol. The predicted molar refractivity (Wildman–Crippen MR) is 96.9 cm³/mol. The number of halogens is 1. The van der Waals surface area contributed by atoms with E-state index in [-0.39, 0.29) is 5.91 Å². The predicted octanol–water partition coefficient (Wildman–Crippen LogP) is 3.33. The highest BCUT2D eigenvalue weighted by molar-refractivity contribution is 9.10. The fraction of sp³-hybridized carbons (Fsp3) is 0.118. The van der Waals surface area contributed by atoms with Gasteiger partial charge < -0.3 is 5.32 Å². The average molecular weight is 386 g/mol. The molecule has 0 unspecified atom stereocenters. The summed E-state index contributed by atoms with van der Waals surface area (Å²) in [5, 5.41) is 11.4. The van der Waals surface area contributed by atoms with E-state index in [1.165, 1.54) is 6.08 Å². The van der Waals surface area contributed by atoms with Gasteiger partial charge in [0.25, 0.3) is 0 Å². The van der Waals surface area contributed by atoms with Crippen molar-refractivity contribution in [2.45, 2.75) is 6.92 Å². The number of carbonyl (C=O) groups excluding carboxylic acids is 1. The van der Waals surface area contributed by atoms with Crippen LogP contribution >= 0.6 is 15.9 Å². The molecule has 0 bridgehead atoms. The molecule has 0 fully saturated rings. The Hall–Kier alpha value is -2.67. The van der Waals surface area contributed by atoms with E-state index in [0.29, 0.717) is 5.82 Å². The molecular weight excluding hydrogens is 370 g/mol.